The Balaban J connectivity index is 1.71. The van der Waals surface area contributed by atoms with Gasteiger partial charge in [0.15, 0.2) is 0 Å². The van der Waals surface area contributed by atoms with E-state index >= 15 is 0 Å². The van der Waals surface area contributed by atoms with Gasteiger partial charge in [-0.2, -0.15) is 0 Å². The van der Waals surface area contributed by atoms with Gasteiger partial charge in [-0.3, -0.25) is 4.90 Å². The highest BCUT2D eigenvalue weighted by molar-refractivity contribution is 4.81. The Morgan fingerprint density at radius 2 is 1.71 bits per heavy atom. The van der Waals surface area contributed by atoms with Gasteiger partial charge in [0.1, 0.15) is 0 Å². The molecule has 3 unspecified atom stereocenters. The lowest BCUT2D eigenvalue weighted by Crippen LogP contribution is -2.35. The molecular weight excluding hydrogens is 214 g/mol. The van der Waals surface area contributed by atoms with Crippen LogP contribution in [0, 0.1) is 5.92 Å². The minimum absolute atomic E-state index is 0.512. The Morgan fingerprint density at radius 3 is 2.12 bits per heavy atom. The predicted octanol–water partition coefficient (Wildman–Crippen LogP) is 2.30. The molecule has 0 spiro atoms. The number of unbranched alkanes of at least 4 members (excludes halogenated alkanes) is 1. The van der Waals surface area contributed by atoms with Crippen molar-refractivity contribution in [3.05, 3.63) is 0 Å². The Labute approximate surface area is 105 Å². The molecule has 0 aromatic rings. The average Bonchev–Trinajstić information content (AvgIpc) is 3.19. The normalized spacial score (nSPS) is 28.4. The highest BCUT2D eigenvalue weighted by Gasteiger charge is 2.31. The molecule has 0 amide bonds. The quantitative estimate of drug-likeness (QED) is 0.549. The molecule has 2 saturated heterocycles. The van der Waals surface area contributed by atoms with E-state index < -0.39 is 0 Å². The summed E-state index contributed by atoms with van der Waals surface area (Å²) in [6.07, 6.45) is 6.38. The van der Waals surface area contributed by atoms with E-state index in [-0.39, 0.29) is 0 Å². The van der Waals surface area contributed by atoms with Gasteiger partial charge < -0.3 is 9.47 Å². The minimum Gasteiger partial charge on any atom is -0.372 e. The van der Waals surface area contributed by atoms with E-state index in [0.717, 1.165) is 32.2 Å². The van der Waals surface area contributed by atoms with Gasteiger partial charge in [-0.05, 0) is 12.3 Å². The van der Waals surface area contributed by atoms with Gasteiger partial charge in [0.25, 0.3) is 0 Å². The maximum atomic E-state index is 5.35. The van der Waals surface area contributed by atoms with E-state index in [1.807, 2.05) is 0 Å². The zero-order valence-electron chi connectivity index (χ0n) is 11.4. The Hall–Kier alpha value is -0.120. The summed E-state index contributed by atoms with van der Waals surface area (Å²) in [5.41, 5.74) is 0. The van der Waals surface area contributed by atoms with Crippen LogP contribution in [0.3, 0.4) is 0 Å². The molecule has 0 aromatic carbocycles. The molecule has 3 nitrogen and oxygen atoms in total. The lowest BCUT2D eigenvalue weighted by Gasteiger charge is -2.26. The highest BCUT2D eigenvalue weighted by Crippen LogP contribution is 2.20. The van der Waals surface area contributed by atoms with Crippen molar-refractivity contribution in [3.63, 3.8) is 0 Å². The molecule has 0 aromatic heterocycles. The van der Waals surface area contributed by atoms with Crippen LogP contribution >= 0.6 is 0 Å². The van der Waals surface area contributed by atoms with Crippen molar-refractivity contribution in [1.82, 2.24) is 4.90 Å². The monoisotopic (exact) mass is 241 g/mol. The summed E-state index contributed by atoms with van der Waals surface area (Å²) in [5, 5.41) is 0. The second kappa shape index (κ2) is 6.72. The van der Waals surface area contributed by atoms with Crippen molar-refractivity contribution in [1.29, 1.82) is 0 Å². The van der Waals surface area contributed by atoms with Gasteiger partial charge in [-0.25, -0.2) is 0 Å². The second-order valence-corrected chi connectivity index (χ2v) is 5.55. The number of hydrogen-bond acceptors (Lipinski definition) is 3. The van der Waals surface area contributed by atoms with Gasteiger partial charge in [0.05, 0.1) is 25.4 Å². The molecule has 2 aliphatic rings. The minimum atomic E-state index is 0.512. The van der Waals surface area contributed by atoms with Gasteiger partial charge in [-0.1, -0.05) is 33.1 Å². The fraction of sp³-hybridized carbons (Fsp3) is 1.00. The van der Waals surface area contributed by atoms with Gasteiger partial charge in [-0.15, -0.1) is 0 Å². The van der Waals surface area contributed by atoms with Crippen molar-refractivity contribution < 1.29 is 9.47 Å². The molecule has 2 aliphatic heterocycles. The smallest absolute Gasteiger partial charge is 0.0936 e. The maximum Gasteiger partial charge on any atom is 0.0936 e. The molecular formula is C14H27NO2. The van der Waals surface area contributed by atoms with Crippen LogP contribution in [0.5, 0.6) is 0 Å². The van der Waals surface area contributed by atoms with Crippen molar-refractivity contribution >= 4 is 0 Å². The highest BCUT2D eigenvalue weighted by atomic mass is 16.6. The van der Waals surface area contributed by atoms with Crippen molar-refractivity contribution in [2.24, 2.45) is 5.92 Å². The zero-order valence-corrected chi connectivity index (χ0v) is 11.4. The Kier molecular flexibility index (Phi) is 5.26. The fourth-order valence-corrected chi connectivity index (χ4v) is 2.43. The van der Waals surface area contributed by atoms with Crippen LogP contribution in [0.4, 0.5) is 0 Å². The summed E-state index contributed by atoms with van der Waals surface area (Å²) < 4.78 is 10.7. The number of rotatable bonds is 10. The van der Waals surface area contributed by atoms with E-state index in [0.29, 0.717) is 12.2 Å². The van der Waals surface area contributed by atoms with Crippen molar-refractivity contribution in [2.75, 3.05) is 32.8 Å². The molecule has 3 heteroatoms. The molecule has 0 bridgehead atoms. The lowest BCUT2D eigenvalue weighted by atomic mass is 9.98. The van der Waals surface area contributed by atoms with Gasteiger partial charge >= 0.3 is 0 Å². The summed E-state index contributed by atoms with van der Waals surface area (Å²) in [6, 6.07) is 0. The number of ether oxygens (including phenoxy) is 2. The van der Waals surface area contributed by atoms with Gasteiger partial charge in [0, 0.05) is 19.6 Å². The summed E-state index contributed by atoms with van der Waals surface area (Å²) in [4.78, 5) is 2.57. The number of epoxide rings is 2. The SMILES string of the molecule is CCCCC(CC)CN(CC1CO1)CC1CO1. The molecule has 3 atom stereocenters. The standard InChI is InChI=1S/C14H27NO2/c1-3-5-6-12(4-2)7-15(8-13-10-16-13)9-14-11-17-14/h12-14H,3-11H2,1-2H3. The molecule has 0 aliphatic carbocycles. The average molecular weight is 241 g/mol. The van der Waals surface area contributed by atoms with Crippen LogP contribution < -0.4 is 0 Å². The molecule has 2 fully saturated rings. The van der Waals surface area contributed by atoms with E-state index in [9.17, 15) is 0 Å². The Bertz CT molecular complexity index is 200. The zero-order chi connectivity index (χ0) is 12.1. The fourth-order valence-electron chi connectivity index (χ4n) is 2.43. The van der Waals surface area contributed by atoms with Crippen LogP contribution in [-0.2, 0) is 9.47 Å². The third-order valence-corrected chi connectivity index (χ3v) is 3.79. The topological polar surface area (TPSA) is 28.3 Å². The van der Waals surface area contributed by atoms with E-state index in [4.69, 9.17) is 9.47 Å². The van der Waals surface area contributed by atoms with E-state index in [1.165, 1.54) is 32.2 Å². The summed E-state index contributed by atoms with van der Waals surface area (Å²) in [7, 11) is 0. The molecule has 2 heterocycles. The van der Waals surface area contributed by atoms with Crippen LogP contribution in [0.15, 0.2) is 0 Å². The van der Waals surface area contributed by atoms with E-state index in [2.05, 4.69) is 18.7 Å². The molecule has 0 saturated carbocycles. The molecule has 0 radical (unpaired) electrons. The maximum absolute atomic E-state index is 5.35. The lowest BCUT2D eigenvalue weighted by molar-refractivity contribution is 0.184. The third kappa shape index (κ3) is 5.36. The first-order valence-corrected chi connectivity index (χ1v) is 7.27. The van der Waals surface area contributed by atoms with Crippen molar-refractivity contribution in [2.45, 2.75) is 51.7 Å². The van der Waals surface area contributed by atoms with Crippen LogP contribution in [0.1, 0.15) is 39.5 Å². The van der Waals surface area contributed by atoms with Gasteiger partial charge in [0.2, 0.25) is 0 Å². The first kappa shape index (κ1) is 13.3. The third-order valence-electron chi connectivity index (χ3n) is 3.79. The molecule has 17 heavy (non-hydrogen) atoms. The molecule has 0 N–H and O–H groups in total. The summed E-state index contributed by atoms with van der Waals surface area (Å²) in [5.74, 6) is 0.854. The summed E-state index contributed by atoms with van der Waals surface area (Å²) in [6.45, 7) is 9.99. The first-order valence-electron chi connectivity index (χ1n) is 7.27. The van der Waals surface area contributed by atoms with Crippen LogP contribution in [-0.4, -0.2) is 50.0 Å². The molecule has 100 valence electrons. The van der Waals surface area contributed by atoms with Crippen LogP contribution in [0.2, 0.25) is 0 Å². The molecule has 2 rings (SSSR count). The van der Waals surface area contributed by atoms with Crippen LogP contribution in [0.25, 0.3) is 0 Å². The first-order chi connectivity index (χ1) is 8.31. The largest absolute Gasteiger partial charge is 0.372 e. The predicted molar refractivity (Wildman–Crippen MR) is 69.2 cm³/mol. The Morgan fingerprint density at radius 1 is 1.12 bits per heavy atom. The number of nitrogens with zero attached hydrogens (tertiary/aromatic N) is 1. The van der Waals surface area contributed by atoms with Crippen molar-refractivity contribution in [3.8, 4) is 0 Å². The number of hydrogen-bond donors (Lipinski definition) is 0. The van der Waals surface area contributed by atoms with E-state index in [1.54, 1.807) is 0 Å². The summed E-state index contributed by atoms with van der Waals surface area (Å²) >= 11 is 0. The second-order valence-electron chi connectivity index (χ2n) is 5.55.